The summed E-state index contributed by atoms with van der Waals surface area (Å²) in [6.45, 7) is 2.01. The van der Waals surface area contributed by atoms with Crippen LogP contribution in [0.2, 0.25) is 0 Å². The van der Waals surface area contributed by atoms with E-state index in [0.717, 1.165) is 16.9 Å². The number of nitriles is 1. The van der Waals surface area contributed by atoms with Gasteiger partial charge in [0.05, 0.1) is 12.5 Å². The molecule has 100 valence electrons. The van der Waals surface area contributed by atoms with E-state index in [9.17, 15) is 4.79 Å². The van der Waals surface area contributed by atoms with Gasteiger partial charge in [-0.05, 0) is 26.1 Å². The second kappa shape index (κ2) is 5.29. The first-order chi connectivity index (χ1) is 9.08. The van der Waals surface area contributed by atoms with Crippen LogP contribution in [0.3, 0.4) is 0 Å². The lowest BCUT2D eigenvalue weighted by molar-refractivity contribution is -0.117. The summed E-state index contributed by atoms with van der Waals surface area (Å²) < 4.78 is 0. The van der Waals surface area contributed by atoms with Crippen LogP contribution >= 0.6 is 0 Å². The first-order valence-corrected chi connectivity index (χ1v) is 6.30. The number of carbonyl (C=O) groups is 1. The van der Waals surface area contributed by atoms with E-state index in [1.165, 1.54) is 0 Å². The van der Waals surface area contributed by atoms with Gasteiger partial charge in [0.15, 0.2) is 0 Å². The topological polar surface area (TPSA) is 68.2 Å². The fourth-order valence-electron chi connectivity index (χ4n) is 2.28. The predicted molar refractivity (Wildman–Crippen MR) is 75.0 cm³/mol. The van der Waals surface area contributed by atoms with Crippen molar-refractivity contribution in [1.29, 1.82) is 5.26 Å². The first-order valence-electron chi connectivity index (χ1n) is 6.30. The molecule has 0 bridgehead atoms. The smallest absolute Gasteiger partial charge is 0.246 e. The Morgan fingerprint density at radius 1 is 1.58 bits per heavy atom. The van der Waals surface area contributed by atoms with Crippen molar-refractivity contribution in [3.8, 4) is 6.07 Å². The van der Waals surface area contributed by atoms with E-state index >= 15 is 0 Å². The Kier molecular flexibility index (Phi) is 3.72. The molecule has 0 saturated heterocycles. The minimum absolute atomic E-state index is 0.0256. The summed E-state index contributed by atoms with van der Waals surface area (Å²) in [5, 5.41) is 14.6. The average molecular weight is 258 g/mol. The molecule has 2 unspecified atom stereocenters. The molecule has 0 aliphatic carbocycles. The van der Waals surface area contributed by atoms with Crippen molar-refractivity contribution in [2.45, 2.75) is 25.4 Å². The number of anilines is 2. The molecule has 19 heavy (non-hydrogen) atoms. The van der Waals surface area contributed by atoms with Gasteiger partial charge >= 0.3 is 0 Å². The molecule has 0 radical (unpaired) electrons. The molecule has 5 heteroatoms. The van der Waals surface area contributed by atoms with Gasteiger partial charge in [-0.2, -0.15) is 5.26 Å². The number of hydrogen-bond acceptors (Lipinski definition) is 4. The number of carbonyl (C=O) groups excluding carboxylic acids is 1. The highest BCUT2D eigenvalue weighted by Crippen LogP contribution is 2.34. The van der Waals surface area contributed by atoms with Crippen molar-refractivity contribution in [3.63, 3.8) is 0 Å². The molecule has 1 aromatic carbocycles. The van der Waals surface area contributed by atoms with Crippen LogP contribution in [0.15, 0.2) is 18.2 Å². The van der Waals surface area contributed by atoms with Crippen molar-refractivity contribution >= 4 is 17.3 Å². The van der Waals surface area contributed by atoms with Crippen LogP contribution in [-0.2, 0) is 4.79 Å². The fraction of sp³-hybridized carbons (Fsp3) is 0.429. The quantitative estimate of drug-likeness (QED) is 0.861. The summed E-state index contributed by atoms with van der Waals surface area (Å²) >= 11 is 0. The maximum absolute atomic E-state index is 11.7. The van der Waals surface area contributed by atoms with Crippen molar-refractivity contribution < 1.29 is 4.79 Å². The molecule has 1 aliphatic heterocycles. The highest BCUT2D eigenvalue weighted by molar-refractivity contribution is 6.03. The highest BCUT2D eigenvalue weighted by Gasteiger charge is 2.29. The Bertz CT molecular complexity index is 535. The number of nitrogens with one attached hydrogen (secondary N) is 2. The SMILES string of the molecule is CNC1C(=O)Nc2cc(N(C)C(C)CC#N)ccc21. The molecule has 0 fully saturated rings. The van der Waals surface area contributed by atoms with E-state index < -0.39 is 0 Å². The second-order valence-electron chi connectivity index (χ2n) is 4.80. The zero-order valence-corrected chi connectivity index (χ0v) is 11.4. The van der Waals surface area contributed by atoms with E-state index in [1.54, 1.807) is 7.05 Å². The third-order valence-electron chi connectivity index (χ3n) is 3.61. The summed E-state index contributed by atoms with van der Waals surface area (Å²) in [6.07, 6.45) is 0.471. The normalized spacial score (nSPS) is 18.4. The maximum Gasteiger partial charge on any atom is 0.246 e. The number of hydrogen-bond donors (Lipinski definition) is 2. The van der Waals surface area contributed by atoms with Crippen molar-refractivity contribution in [2.75, 3.05) is 24.3 Å². The van der Waals surface area contributed by atoms with Crippen molar-refractivity contribution in [3.05, 3.63) is 23.8 Å². The van der Waals surface area contributed by atoms with Crippen LogP contribution in [0.1, 0.15) is 24.9 Å². The standard InChI is InChI=1S/C14H18N4O/c1-9(6-7-15)18(3)10-4-5-11-12(8-10)17-14(19)13(11)16-2/h4-5,8-9,13,16H,6H2,1-3H3,(H,17,19). The molecule has 0 aromatic heterocycles. The number of fused-ring (bicyclic) bond motifs is 1. The number of likely N-dealkylation sites (N-methyl/N-ethyl adjacent to an activating group) is 1. The Balaban J connectivity index is 2.26. The first kappa shape index (κ1) is 13.4. The van der Waals surface area contributed by atoms with Crippen LogP contribution < -0.4 is 15.5 Å². The molecule has 1 aliphatic rings. The van der Waals surface area contributed by atoms with E-state index in [2.05, 4.69) is 16.7 Å². The molecule has 0 saturated carbocycles. The van der Waals surface area contributed by atoms with Gasteiger partial charge in [0.25, 0.3) is 0 Å². The van der Waals surface area contributed by atoms with Crippen molar-refractivity contribution in [1.82, 2.24) is 5.32 Å². The third kappa shape index (κ3) is 2.40. The number of rotatable bonds is 4. The molecule has 1 aromatic rings. The van der Waals surface area contributed by atoms with Gasteiger partial charge in [-0.3, -0.25) is 4.79 Å². The molecular formula is C14H18N4O. The highest BCUT2D eigenvalue weighted by atomic mass is 16.2. The van der Waals surface area contributed by atoms with Gasteiger partial charge in [0.2, 0.25) is 5.91 Å². The summed E-state index contributed by atoms with van der Waals surface area (Å²) in [6, 6.07) is 7.94. The van der Waals surface area contributed by atoms with Gasteiger partial charge in [0, 0.05) is 30.0 Å². The van der Waals surface area contributed by atoms with Gasteiger partial charge in [-0.15, -0.1) is 0 Å². The van der Waals surface area contributed by atoms with Crippen LogP contribution in [-0.4, -0.2) is 26.0 Å². The number of nitrogens with zero attached hydrogens (tertiary/aromatic N) is 2. The molecule has 2 rings (SSSR count). The largest absolute Gasteiger partial charge is 0.371 e. The van der Waals surface area contributed by atoms with Crippen LogP contribution in [0.4, 0.5) is 11.4 Å². The van der Waals surface area contributed by atoms with Gasteiger partial charge in [-0.1, -0.05) is 6.07 Å². The van der Waals surface area contributed by atoms with Gasteiger partial charge in [0.1, 0.15) is 6.04 Å². The van der Waals surface area contributed by atoms with E-state index in [1.807, 2.05) is 37.1 Å². The lowest BCUT2D eigenvalue weighted by atomic mass is 10.1. The van der Waals surface area contributed by atoms with Gasteiger partial charge < -0.3 is 15.5 Å². The Morgan fingerprint density at radius 3 is 2.95 bits per heavy atom. The predicted octanol–water partition coefficient (Wildman–Crippen LogP) is 1.64. The summed E-state index contributed by atoms with van der Waals surface area (Å²) in [5.74, 6) is -0.0256. The molecule has 0 spiro atoms. The van der Waals surface area contributed by atoms with Crippen molar-refractivity contribution in [2.24, 2.45) is 0 Å². The summed E-state index contributed by atoms with van der Waals surface area (Å²) in [5.41, 5.74) is 2.81. The fourth-order valence-corrected chi connectivity index (χ4v) is 2.28. The zero-order chi connectivity index (χ0) is 14.0. The lowest BCUT2D eigenvalue weighted by Gasteiger charge is -2.25. The molecule has 1 amide bonds. The zero-order valence-electron chi connectivity index (χ0n) is 11.4. The minimum Gasteiger partial charge on any atom is -0.371 e. The molecule has 2 N–H and O–H groups in total. The monoisotopic (exact) mass is 258 g/mol. The van der Waals surface area contributed by atoms with Crippen LogP contribution in [0, 0.1) is 11.3 Å². The number of amides is 1. The Hall–Kier alpha value is -2.06. The van der Waals surface area contributed by atoms with E-state index in [4.69, 9.17) is 5.26 Å². The molecule has 1 heterocycles. The third-order valence-corrected chi connectivity index (χ3v) is 3.61. The van der Waals surface area contributed by atoms with Crippen LogP contribution in [0.5, 0.6) is 0 Å². The second-order valence-corrected chi connectivity index (χ2v) is 4.80. The van der Waals surface area contributed by atoms with Gasteiger partial charge in [-0.25, -0.2) is 0 Å². The summed E-state index contributed by atoms with van der Waals surface area (Å²) in [4.78, 5) is 13.8. The molecule has 2 atom stereocenters. The van der Waals surface area contributed by atoms with Crippen LogP contribution in [0.25, 0.3) is 0 Å². The van der Waals surface area contributed by atoms with E-state index in [0.29, 0.717) is 6.42 Å². The average Bonchev–Trinajstić information content (AvgIpc) is 2.72. The van der Waals surface area contributed by atoms with E-state index in [-0.39, 0.29) is 18.0 Å². The minimum atomic E-state index is -0.272. The summed E-state index contributed by atoms with van der Waals surface area (Å²) in [7, 11) is 3.73. The lowest BCUT2D eigenvalue weighted by Crippen LogP contribution is -2.28. The Morgan fingerprint density at radius 2 is 2.32 bits per heavy atom. The molecule has 5 nitrogen and oxygen atoms in total. The molecular weight excluding hydrogens is 240 g/mol. The number of benzene rings is 1. The maximum atomic E-state index is 11.7. The Labute approximate surface area is 113 Å².